The normalized spacial score (nSPS) is 26.1. The summed E-state index contributed by atoms with van der Waals surface area (Å²) in [6.45, 7) is 8.96. The third-order valence-electron chi connectivity index (χ3n) is 2.72. The van der Waals surface area contributed by atoms with Crippen molar-refractivity contribution in [1.29, 1.82) is 0 Å². The van der Waals surface area contributed by atoms with Gasteiger partial charge < -0.3 is 5.73 Å². The highest BCUT2D eigenvalue weighted by Crippen LogP contribution is 2.51. The molecule has 1 aliphatic carbocycles. The molecule has 0 bridgehead atoms. The summed E-state index contributed by atoms with van der Waals surface area (Å²) in [4.78, 5) is 0. The zero-order valence-corrected chi connectivity index (χ0v) is 7.57. The molecular weight excluding hydrogens is 122 g/mol. The molecule has 1 nitrogen and oxygen atoms in total. The maximum atomic E-state index is 6.09. The molecule has 0 aromatic carbocycles. The highest BCUT2D eigenvalue weighted by molar-refractivity contribution is 5.01. The Labute approximate surface area is 64.0 Å². The second kappa shape index (κ2) is 1.97. The average Bonchev–Trinajstić information content (AvgIpc) is 2.45. The SMILES string of the molecule is CC(C)(C)C(N)C1(C)CC1. The van der Waals surface area contributed by atoms with E-state index in [0.29, 0.717) is 11.5 Å². The van der Waals surface area contributed by atoms with E-state index in [1.807, 2.05) is 0 Å². The number of hydrogen-bond acceptors (Lipinski definition) is 1. The van der Waals surface area contributed by atoms with E-state index in [1.54, 1.807) is 0 Å². The summed E-state index contributed by atoms with van der Waals surface area (Å²) in [5.74, 6) is 0. The first kappa shape index (κ1) is 8.06. The fraction of sp³-hybridized carbons (Fsp3) is 1.00. The first-order valence-corrected chi connectivity index (χ1v) is 4.12. The van der Waals surface area contributed by atoms with Crippen molar-refractivity contribution < 1.29 is 0 Å². The second-order valence-corrected chi connectivity index (χ2v) is 5.00. The average molecular weight is 141 g/mol. The quantitative estimate of drug-likeness (QED) is 0.595. The number of rotatable bonds is 1. The van der Waals surface area contributed by atoms with E-state index in [2.05, 4.69) is 27.7 Å². The van der Waals surface area contributed by atoms with Crippen LogP contribution in [-0.4, -0.2) is 6.04 Å². The Balaban J connectivity index is 2.57. The first-order chi connectivity index (χ1) is 4.36. The van der Waals surface area contributed by atoms with Gasteiger partial charge in [-0.3, -0.25) is 0 Å². The van der Waals surface area contributed by atoms with Gasteiger partial charge in [-0.2, -0.15) is 0 Å². The van der Waals surface area contributed by atoms with Crippen LogP contribution in [0.2, 0.25) is 0 Å². The lowest BCUT2D eigenvalue weighted by atomic mass is 9.78. The van der Waals surface area contributed by atoms with Crippen LogP contribution in [0.25, 0.3) is 0 Å². The largest absolute Gasteiger partial charge is 0.327 e. The van der Waals surface area contributed by atoms with Gasteiger partial charge in [0.15, 0.2) is 0 Å². The fourth-order valence-electron chi connectivity index (χ4n) is 1.55. The van der Waals surface area contributed by atoms with Gasteiger partial charge in [0.25, 0.3) is 0 Å². The van der Waals surface area contributed by atoms with Crippen LogP contribution in [0.1, 0.15) is 40.5 Å². The van der Waals surface area contributed by atoms with Crippen molar-refractivity contribution in [2.45, 2.75) is 46.6 Å². The zero-order valence-electron chi connectivity index (χ0n) is 7.57. The first-order valence-electron chi connectivity index (χ1n) is 4.12. The van der Waals surface area contributed by atoms with Gasteiger partial charge in [0.2, 0.25) is 0 Å². The van der Waals surface area contributed by atoms with E-state index in [1.165, 1.54) is 12.8 Å². The summed E-state index contributed by atoms with van der Waals surface area (Å²) in [6, 6.07) is 0.375. The summed E-state index contributed by atoms with van der Waals surface area (Å²) in [6.07, 6.45) is 2.65. The predicted octanol–water partition coefficient (Wildman–Crippen LogP) is 2.16. The molecule has 0 aliphatic heterocycles. The minimum absolute atomic E-state index is 0.283. The van der Waals surface area contributed by atoms with Crippen LogP contribution in [0, 0.1) is 10.8 Å². The zero-order chi connectivity index (χ0) is 7.99. The third kappa shape index (κ3) is 1.34. The van der Waals surface area contributed by atoms with Gasteiger partial charge in [-0.1, -0.05) is 27.7 Å². The Morgan fingerprint density at radius 1 is 1.30 bits per heavy atom. The molecule has 0 saturated heterocycles. The van der Waals surface area contributed by atoms with Crippen molar-refractivity contribution in [2.24, 2.45) is 16.6 Å². The van der Waals surface area contributed by atoms with Crippen molar-refractivity contribution in [3.8, 4) is 0 Å². The highest BCUT2D eigenvalue weighted by Gasteiger charge is 2.47. The summed E-state index contributed by atoms with van der Waals surface area (Å²) < 4.78 is 0. The van der Waals surface area contributed by atoms with Crippen LogP contribution in [0.3, 0.4) is 0 Å². The van der Waals surface area contributed by atoms with E-state index in [0.717, 1.165) is 0 Å². The van der Waals surface area contributed by atoms with E-state index in [-0.39, 0.29) is 5.41 Å². The molecule has 1 saturated carbocycles. The van der Waals surface area contributed by atoms with Crippen molar-refractivity contribution in [3.05, 3.63) is 0 Å². The topological polar surface area (TPSA) is 26.0 Å². The molecule has 0 heterocycles. The molecule has 1 unspecified atom stereocenters. The molecule has 10 heavy (non-hydrogen) atoms. The molecule has 0 aromatic rings. The van der Waals surface area contributed by atoms with Crippen LogP contribution in [0.15, 0.2) is 0 Å². The lowest BCUT2D eigenvalue weighted by molar-refractivity contribution is 0.233. The van der Waals surface area contributed by atoms with Crippen molar-refractivity contribution in [1.82, 2.24) is 0 Å². The molecule has 1 heteroatoms. The van der Waals surface area contributed by atoms with E-state index in [9.17, 15) is 0 Å². The molecule has 1 atom stereocenters. The molecule has 1 fully saturated rings. The lowest BCUT2D eigenvalue weighted by Gasteiger charge is -2.32. The molecular formula is C9H19N. The summed E-state index contributed by atoms with van der Waals surface area (Å²) in [7, 11) is 0. The minimum atomic E-state index is 0.283. The van der Waals surface area contributed by atoms with Gasteiger partial charge in [0, 0.05) is 6.04 Å². The van der Waals surface area contributed by atoms with Gasteiger partial charge >= 0.3 is 0 Å². The van der Waals surface area contributed by atoms with Gasteiger partial charge in [-0.15, -0.1) is 0 Å². The van der Waals surface area contributed by atoms with Crippen molar-refractivity contribution >= 4 is 0 Å². The van der Waals surface area contributed by atoms with Crippen molar-refractivity contribution in [2.75, 3.05) is 0 Å². The van der Waals surface area contributed by atoms with Crippen LogP contribution in [-0.2, 0) is 0 Å². The van der Waals surface area contributed by atoms with Crippen LogP contribution < -0.4 is 5.73 Å². The predicted molar refractivity (Wildman–Crippen MR) is 44.8 cm³/mol. The Hall–Kier alpha value is -0.0400. The minimum Gasteiger partial charge on any atom is -0.327 e. The summed E-state index contributed by atoms with van der Waals surface area (Å²) in [5, 5.41) is 0. The highest BCUT2D eigenvalue weighted by atomic mass is 14.8. The molecule has 0 spiro atoms. The molecule has 60 valence electrons. The molecule has 2 N–H and O–H groups in total. The molecule has 0 radical (unpaired) electrons. The Kier molecular flexibility index (Phi) is 1.59. The van der Waals surface area contributed by atoms with E-state index >= 15 is 0 Å². The Bertz CT molecular complexity index is 123. The Morgan fingerprint density at radius 2 is 1.70 bits per heavy atom. The summed E-state index contributed by atoms with van der Waals surface area (Å²) >= 11 is 0. The fourth-order valence-corrected chi connectivity index (χ4v) is 1.55. The number of hydrogen-bond donors (Lipinski definition) is 1. The maximum Gasteiger partial charge on any atom is 0.0142 e. The van der Waals surface area contributed by atoms with Crippen LogP contribution >= 0.6 is 0 Å². The Morgan fingerprint density at radius 3 is 1.80 bits per heavy atom. The monoisotopic (exact) mass is 141 g/mol. The lowest BCUT2D eigenvalue weighted by Crippen LogP contribution is -2.41. The van der Waals surface area contributed by atoms with Gasteiger partial charge in [0.05, 0.1) is 0 Å². The standard InChI is InChI=1S/C9H19N/c1-8(2,3)7(10)9(4)5-6-9/h7H,5-6,10H2,1-4H3. The van der Waals surface area contributed by atoms with Gasteiger partial charge in [-0.05, 0) is 23.7 Å². The maximum absolute atomic E-state index is 6.09. The molecule has 1 aliphatic rings. The van der Waals surface area contributed by atoms with Crippen molar-refractivity contribution in [3.63, 3.8) is 0 Å². The molecule has 0 amide bonds. The number of nitrogens with two attached hydrogens (primary N) is 1. The van der Waals surface area contributed by atoms with E-state index in [4.69, 9.17) is 5.73 Å². The summed E-state index contributed by atoms with van der Waals surface area (Å²) in [5.41, 5.74) is 6.84. The van der Waals surface area contributed by atoms with Crippen LogP contribution in [0.5, 0.6) is 0 Å². The third-order valence-corrected chi connectivity index (χ3v) is 2.72. The van der Waals surface area contributed by atoms with Gasteiger partial charge in [-0.25, -0.2) is 0 Å². The molecule has 1 rings (SSSR count). The van der Waals surface area contributed by atoms with Crippen LogP contribution in [0.4, 0.5) is 0 Å². The second-order valence-electron chi connectivity index (χ2n) is 5.00. The smallest absolute Gasteiger partial charge is 0.0142 e. The molecule has 0 aromatic heterocycles. The van der Waals surface area contributed by atoms with Gasteiger partial charge in [0.1, 0.15) is 0 Å². The van der Waals surface area contributed by atoms with E-state index < -0.39 is 0 Å².